The summed E-state index contributed by atoms with van der Waals surface area (Å²) < 4.78 is 43.9. The number of unbranched alkanes of at least 4 members (excludes halogenated alkanes) is 2. The van der Waals surface area contributed by atoms with E-state index in [1.54, 1.807) is 18.2 Å². The van der Waals surface area contributed by atoms with Crippen molar-refractivity contribution in [3.8, 4) is 0 Å². The fraction of sp³-hybridized carbons (Fsp3) is 0.600. The Balaban J connectivity index is 0.000000758. The molecule has 21 heteroatoms. The van der Waals surface area contributed by atoms with Crippen molar-refractivity contribution < 1.29 is 76.3 Å². The van der Waals surface area contributed by atoms with E-state index in [2.05, 4.69) is 204 Å². The van der Waals surface area contributed by atoms with Crippen LogP contribution in [0.1, 0.15) is 306 Å². The van der Waals surface area contributed by atoms with Crippen LogP contribution in [0.3, 0.4) is 0 Å². The van der Waals surface area contributed by atoms with Crippen molar-refractivity contribution >= 4 is 46.9 Å². The first-order valence-corrected chi connectivity index (χ1v) is 52.4. The lowest BCUT2D eigenvalue weighted by Crippen LogP contribution is -2.40. The fourth-order valence-electron chi connectivity index (χ4n) is 17.5. The third kappa shape index (κ3) is 59.0. The van der Waals surface area contributed by atoms with E-state index in [-0.39, 0.29) is 94.4 Å². The van der Waals surface area contributed by atoms with Crippen molar-refractivity contribution in [1.82, 2.24) is 26.6 Å². The summed E-state index contributed by atoms with van der Waals surface area (Å²) in [7, 11) is 0. The number of amides is 5. The second-order valence-electron chi connectivity index (χ2n) is 40.8. The van der Waals surface area contributed by atoms with Crippen molar-refractivity contribution in [2.24, 2.45) is 27.6 Å². The molecule has 0 fully saturated rings. The van der Waals surface area contributed by atoms with Crippen LogP contribution in [0.25, 0.3) is 0 Å². The number of rotatable bonds is 68. The molecular formula is C120H185N5O16. The van der Waals surface area contributed by atoms with E-state index >= 15 is 0 Å². The predicted octanol–water partition coefficient (Wildman–Crippen LogP) is 24.2. The highest BCUT2D eigenvalue weighted by Crippen LogP contribution is 2.44. The van der Waals surface area contributed by atoms with Crippen LogP contribution in [0.5, 0.6) is 0 Å². The van der Waals surface area contributed by atoms with Gasteiger partial charge in [-0.1, -0.05) is 235 Å². The maximum Gasteiger partial charge on any atom is 0.244 e. The lowest BCUT2D eigenvalue weighted by atomic mass is 9.72. The normalized spacial score (nSPS) is 17.6. The van der Waals surface area contributed by atoms with Crippen LogP contribution < -0.4 is 26.6 Å². The van der Waals surface area contributed by atoms with Gasteiger partial charge in [0.1, 0.15) is 5.78 Å². The Labute approximate surface area is 851 Å². The molecule has 0 aromatic heterocycles. The Kier molecular flexibility index (Phi) is 65.2. The monoisotopic (exact) mass is 1950 g/mol. The SMILES string of the molecule is CCC(=O)CCOCCOCCOCCOCCC(=O)NCCOCCOCCCC(=O)C(CCCCNC(=O)/C=C(C)/C=C/C=C(C)/C=C/C1=C(C)CCCC1(C)C)NC(=O)/C=C(C)/C=C/C=C(C)/C=C/C1=C(C)CCCC1(C)C.CCOCCOCCNC(=O)C(CCCCNC(=O)/C=C(C)/C=C/C=C(C)/C=C/C1=C(C)CCCC1(C)C)CC(=O)/C=C(C)/C=C/C=C(C)/C=C/C1=C(C)CCCC1(C)C. The number of hydrogen-bond donors (Lipinski definition) is 5. The van der Waals surface area contributed by atoms with Crippen LogP contribution in [-0.4, -0.2) is 185 Å². The van der Waals surface area contributed by atoms with Gasteiger partial charge in [-0.3, -0.25) is 38.4 Å². The average Bonchev–Trinajstić information content (AvgIpc) is 0.833. The van der Waals surface area contributed by atoms with Gasteiger partial charge in [0.05, 0.1) is 98.5 Å². The molecule has 0 saturated carbocycles. The first-order valence-electron chi connectivity index (χ1n) is 52.4. The number of Topliss-reactive ketones (excluding diaryl/α,β-unsaturated/α-hetero) is 2. The first kappa shape index (κ1) is 126. The minimum absolute atomic E-state index is 0.0756. The largest absolute Gasteiger partial charge is 0.379 e. The molecule has 141 heavy (non-hydrogen) atoms. The van der Waals surface area contributed by atoms with E-state index in [4.69, 9.17) is 37.9 Å². The van der Waals surface area contributed by atoms with Crippen LogP contribution in [0.4, 0.5) is 0 Å². The molecule has 4 aliphatic rings. The summed E-state index contributed by atoms with van der Waals surface area (Å²) in [5.74, 6) is -1.41. The second kappa shape index (κ2) is 73.0. The molecule has 0 aromatic rings. The molecule has 5 N–H and O–H groups in total. The number of carbonyl (C=O) groups is 8. The number of nitrogens with one attached hydrogen (secondary N) is 5. The minimum atomic E-state index is -0.688. The van der Waals surface area contributed by atoms with Gasteiger partial charge >= 0.3 is 0 Å². The highest BCUT2D eigenvalue weighted by atomic mass is 16.6. The topological polar surface area (TPSA) is 271 Å². The molecular weight excluding hydrogens is 1770 g/mol. The number of hydrogen-bond acceptors (Lipinski definition) is 16. The average molecular weight is 1950 g/mol. The van der Waals surface area contributed by atoms with E-state index in [0.29, 0.717) is 183 Å². The molecule has 0 aliphatic heterocycles. The molecule has 4 aliphatic carbocycles. The van der Waals surface area contributed by atoms with Crippen LogP contribution in [-0.2, 0) is 76.3 Å². The van der Waals surface area contributed by atoms with Gasteiger partial charge in [0.25, 0.3) is 0 Å². The van der Waals surface area contributed by atoms with E-state index in [1.807, 2.05) is 96.2 Å². The van der Waals surface area contributed by atoms with Crippen LogP contribution in [0, 0.1) is 27.6 Å². The molecule has 5 amide bonds. The number of carbonyl (C=O) groups excluding carboxylic acids is 8. The lowest BCUT2D eigenvalue weighted by Gasteiger charge is -2.33. The number of ketones is 3. The Hall–Kier alpha value is -9.16. The van der Waals surface area contributed by atoms with Crippen molar-refractivity contribution in [2.45, 2.75) is 312 Å². The molecule has 786 valence electrons. The zero-order chi connectivity index (χ0) is 104. The molecule has 2 unspecified atom stereocenters. The highest BCUT2D eigenvalue weighted by molar-refractivity contribution is 5.95. The summed E-state index contributed by atoms with van der Waals surface area (Å²) in [5.41, 5.74) is 20.2. The number of ether oxygens (including phenoxy) is 8. The highest BCUT2D eigenvalue weighted by Gasteiger charge is 2.31. The van der Waals surface area contributed by atoms with Crippen LogP contribution in [0.15, 0.2) is 235 Å². The predicted molar refractivity (Wildman–Crippen MR) is 580 cm³/mol. The van der Waals surface area contributed by atoms with Gasteiger partial charge in [-0.05, 0) is 278 Å². The van der Waals surface area contributed by atoms with Gasteiger partial charge in [-0.2, -0.15) is 0 Å². The van der Waals surface area contributed by atoms with Gasteiger partial charge in [0.15, 0.2) is 11.6 Å². The fourth-order valence-corrected chi connectivity index (χ4v) is 17.5. The zero-order valence-electron chi connectivity index (χ0n) is 91.2. The molecule has 4 rings (SSSR count). The molecule has 0 spiro atoms. The summed E-state index contributed by atoms with van der Waals surface area (Å²) in [5, 5.41) is 14.7. The summed E-state index contributed by atoms with van der Waals surface area (Å²) in [6.45, 7) is 55.4. The maximum absolute atomic E-state index is 13.6. The van der Waals surface area contributed by atoms with Gasteiger partial charge in [0, 0.05) is 95.6 Å². The van der Waals surface area contributed by atoms with Crippen molar-refractivity contribution in [3.05, 3.63) is 235 Å². The van der Waals surface area contributed by atoms with Gasteiger partial charge in [-0.25, -0.2) is 0 Å². The van der Waals surface area contributed by atoms with E-state index in [9.17, 15) is 38.4 Å². The smallest absolute Gasteiger partial charge is 0.244 e. The molecule has 0 aromatic carbocycles. The Bertz CT molecular complexity index is 4550. The molecule has 21 nitrogen and oxygen atoms in total. The third-order valence-electron chi connectivity index (χ3n) is 25.9. The zero-order valence-corrected chi connectivity index (χ0v) is 91.2. The molecule has 0 radical (unpaired) electrons. The Morgan fingerprint density at radius 2 is 0.667 bits per heavy atom. The van der Waals surface area contributed by atoms with E-state index < -0.39 is 12.0 Å². The quantitative estimate of drug-likeness (QED) is 0.0215. The maximum atomic E-state index is 13.6. The molecule has 0 saturated heterocycles. The number of allylic oxidation sites excluding steroid dienone is 37. The van der Waals surface area contributed by atoms with Gasteiger partial charge < -0.3 is 64.5 Å². The second-order valence-corrected chi connectivity index (χ2v) is 40.8. The summed E-state index contributed by atoms with van der Waals surface area (Å²) >= 11 is 0. The molecule has 0 bridgehead atoms. The van der Waals surface area contributed by atoms with Crippen molar-refractivity contribution in [3.63, 3.8) is 0 Å². The van der Waals surface area contributed by atoms with Crippen molar-refractivity contribution in [1.29, 1.82) is 0 Å². The van der Waals surface area contributed by atoms with Crippen LogP contribution in [0.2, 0.25) is 0 Å². The molecule has 0 heterocycles. The standard InChI is InChI=1S/C67H105N3O11.C53H80N2O5/c1-12-58(71)32-39-77-43-46-80-48-49-81-47-44-78-40-33-63(73)69-37-41-79-45-42-76-38-19-27-62(72)61(70-65(75)51-55(5)23-16-21-53(3)29-31-60-57(7)25-18-35-67(60,10)11)26-13-14-36-68-64(74)50-54(4)22-15-20-52(2)28-30-59-56(6)24-17-34-66(59,8)9;1-12-59-35-36-60-34-33-55-51(58)46(39-47(56)37-42(4)21-15-19-40(2)26-28-48-44(6)23-17-30-52(48,8)9)25-13-14-32-54-50(57)38-43(5)22-16-20-41(3)27-29-49-45(7)24-18-31-53(49,10)11/h15-16,20-23,28-31,50-51,61H,12-14,17-19,24-27,32-49H2,1-11H3,(H,68,74)(H,69,73)(H,70,75);15-16,19-22,26-29,37-38,46H,12-14,17-18,23-25,30-36,39H2,1-11H3,(H,54,57)(H,55,58)/b22-15+,23-16+,30-28+,31-29+,52-20+,53-21+,54-50+,55-51+;21-15+,22-16+,28-26+,29-27+,40-19+,41-20+,42-37+,43-38+. The minimum Gasteiger partial charge on any atom is -0.379 e. The molecule has 2 atom stereocenters. The Morgan fingerprint density at radius 1 is 0.333 bits per heavy atom. The van der Waals surface area contributed by atoms with Gasteiger partial charge in [-0.15, -0.1) is 0 Å². The third-order valence-corrected chi connectivity index (χ3v) is 25.9. The summed E-state index contributed by atoms with van der Waals surface area (Å²) in [6.07, 6.45) is 67.9. The van der Waals surface area contributed by atoms with Gasteiger partial charge in [0.2, 0.25) is 29.5 Å². The lowest BCUT2D eigenvalue weighted by molar-refractivity contribution is -0.128. The van der Waals surface area contributed by atoms with E-state index in [0.717, 1.165) is 57.4 Å². The van der Waals surface area contributed by atoms with E-state index in [1.165, 1.54) is 115 Å². The Morgan fingerprint density at radius 3 is 1.04 bits per heavy atom. The summed E-state index contributed by atoms with van der Waals surface area (Å²) in [4.78, 5) is 102. The first-order chi connectivity index (χ1) is 67.2. The van der Waals surface area contributed by atoms with Crippen molar-refractivity contribution in [2.75, 3.05) is 132 Å². The summed E-state index contributed by atoms with van der Waals surface area (Å²) in [6, 6.07) is -0.688. The van der Waals surface area contributed by atoms with Crippen LogP contribution >= 0.6 is 0 Å².